The lowest BCUT2D eigenvalue weighted by Gasteiger charge is -2.32. The van der Waals surface area contributed by atoms with Gasteiger partial charge in [-0.15, -0.1) is 0 Å². The summed E-state index contributed by atoms with van der Waals surface area (Å²) < 4.78 is 32.2. The van der Waals surface area contributed by atoms with E-state index in [2.05, 4.69) is 28.8 Å². The van der Waals surface area contributed by atoms with Gasteiger partial charge < -0.3 is 15.0 Å². The number of nitrogens with zero attached hydrogens (tertiary/aromatic N) is 2. The van der Waals surface area contributed by atoms with E-state index < -0.39 is 16.0 Å². The Morgan fingerprint density at radius 1 is 1.26 bits per heavy atom. The van der Waals surface area contributed by atoms with Crippen LogP contribution in [0.3, 0.4) is 0 Å². The minimum absolute atomic E-state index is 0.0376. The molecule has 8 nitrogen and oxygen atoms in total. The lowest BCUT2D eigenvalue weighted by molar-refractivity contribution is -0.126. The second-order valence-electron chi connectivity index (χ2n) is 8.93. The van der Waals surface area contributed by atoms with Gasteiger partial charge in [0.1, 0.15) is 4.90 Å². The number of sulfonamides is 1. The molecule has 2 rings (SSSR count). The number of hydrogen-bond donors (Lipinski definition) is 1. The first kappa shape index (κ1) is 25.6. The Bertz CT molecular complexity index is 910. The third kappa shape index (κ3) is 6.65. The summed E-state index contributed by atoms with van der Waals surface area (Å²) >= 11 is 6.12. The number of ether oxygens (including phenoxy) is 1. The summed E-state index contributed by atoms with van der Waals surface area (Å²) in [5, 5.41) is 3.05. The van der Waals surface area contributed by atoms with E-state index in [0.717, 1.165) is 6.54 Å². The largest absolute Gasteiger partial charge is 0.465 e. The van der Waals surface area contributed by atoms with Crippen molar-refractivity contribution in [3.63, 3.8) is 0 Å². The topological polar surface area (TPSA) is 96.0 Å². The van der Waals surface area contributed by atoms with Gasteiger partial charge in [-0.25, -0.2) is 13.2 Å². The van der Waals surface area contributed by atoms with Gasteiger partial charge in [0.15, 0.2) is 0 Å². The van der Waals surface area contributed by atoms with Crippen LogP contribution < -0.4 is 5.32 Å². The molecule has 0 unspecified atom stereocenters. The summed E-state index contributed by atoms with van der Waals surface area (Å²) in [6.45, 7) is 6.00. The van der Waals surface area contributed by atoms with Crippen LogP contribution in [0.1, 0.15) is 37.0 Å². The van der Waals surface area contributed by atoms with E-state index in [-0.39, 0.29) is 45.8 Å². The molecule has 1 heterocycles. The molecule has 0 atom stereocenters. The molecular weight excluding hydrogens is 442 g/mol. The first-order valence-electron chi connectivity index (χ1n) is 10.2. The van der Waals surface area contributed by atoms with Crippen molar-refractivity contribution in [1.82, 2.24) is 14.5 Å². The number of halogens is 1. The van der Waals surface area contributed by atoms with Crippen LogP contribution in [0.15, 0.2) is 23.1 Å². The van der Waals surface area contributed by atoms with Crippen LogP contribution in [0, 0.1) is 11.3 Å². The van der Waals surface area contributed by atoms with Crippen molar-refractivity contribution >= 4 is 33.5 Å². The molecule has 1 aliphatic heterocycles. The average molecular weight is 474 g/mol. The van der Waals surface area contributed by atoms with E-state index in [4.69, 9.17) is 11.6 Å². The SMILES string of the molecule is COC(=O)c1ccc(Cl)c(S(=O)(=O)N2CCC(C(=O)NCC(C)(C)CN(C)C)CC2)c1. The van der Waals surface area contributed by atoms with Gasteiger partial charge >= 0.3 is 5.97 Å². The predicted molar refractivity (Wildman–Crippen MR) is 120 cm³/mol. The van der Waals surface area contributed by atoms with Crippen molar-refractivity contribution in [3.05, 3.63) is 28.8 Å². The number of hydrogen-bond acceptors (Lipinski definition) is 6. The van der Waals surface area contributed by atoms with Crippen LogP contribution in [-0.2, 0) is 19.6 Å². The molecule has 1 aromatic rings. The van der Waals surface area contributed by atoms with Crippen LogP contribution in [0.5, 0.6) is 0 Å². The van der Waals surface area contributed by atoms with Crippen LogP contribution in [0.25, 0.3) is 0 Å². The van der Waals surface area contributed by atoms with Crippen molar-refractivity contribution in [2.24, 2.45) is 11.3 Å². The van der Waals surface area contributed by atoms with E-state index in [1.54, 1.807) is 0 Å². The fraction of sp³-hybridized carbons (Fsp3) is 0.619. The number of rotatable bonds is 8. The highest BCUT2D eigenvalue weighted by atomic mass is 35.5. The molecule has 174 valence electrons. The maximum absolute atomic E-state index is 13.1. The highest BCUT2D eigenvalue weighted by molar-refractivity contribution is 7.89. The number of nitrogens with one attached hydrogen (secondary N) is 1. The zero-order valence-corrected chi connectivity index (χ0v) is 20.3. The third-order valence-electron chi connectivity index (χ3n) is 5.28. The number of piperidine rings is 1. The highest BCUT2D eigenvalue weighted by Gasteiger charge is 2.34. The van der Waals surface area contributed by atoms with Crippen molar-refractivity contribution < 1.29 is 22.7 Å². The third-order valence-corrected chi connectivity index (χ3v) is 7.66. The zero-order valence-electron chi connectivity index (χ0n) is 18.8. The van der Waals surface area contributed by atoms with Gasteiger partial charge in [-0.2, -0.15) is 4.31 Å². The second kappa shape index (κ2) is 10.3. The fourth-order valence-corrected chi connectivity index (χ4v) is 5.80. The average Bonchev–Trinajstić information content (AvgIpc) is 2.70. The van der Waals surface area contributed by atoms with Crippen LogP contribution in [0.4, 0.5) is 0 Å². The first-order valence-corrected chi connectivity index (χ1v) is 12.0. The standard InChI is InChI=1S/C21H32ClN3O5S/c1-21(2,14-24(3)4)13-23-19(26)15-8-10-25(11-9-15)31(28,29)18-12-16(20(27)30-5)6-7-17(18)22/h6-7,12,15H,8-11,13-14H2,1-5H3,(H,23,26). The predicted octanol–water partition coefficient (Wildman–Crippen LogP) is 2.23. The van der Waals surface area contributed by atoms with E-state index in [1.807, 2.05) is 14.1 Å². The number of methoxy groups -OCH3 is 1. The summed E-state index contributed by atoms with van der Waals surface area (Å²) in [5.41, 5.74) is 0.0463. The molecule has 0 aromatic heterocycles. The van der Waals surface area contributed by atoms with Crippen molar-refractivity contribution in [2.45, 2.75) is 31.6 Å². The van der Waals surface area contributed by atoms with Gasteiger partial charge in [0.25, 0.3) is 0 Å². The van der Waals surface area contributed by atoms with Gasteiger partial charge in [-0.1, -0.05) is 25.4 Å². The Balaban J connectivity index is 2.02. The minimum Gasteiger partial charge on any atom is -0.465 e. The molecule has 1 saturated heterocycles. The lowest BCUT2D eigenvalue weighted by atomic mass is 9.91. The molecule has 1 N–H and O–H groups in total. The maximum Gasteiger partial charge on any atom is 0.337 e. The first-order chi connectivity index (χ1) is 14.4. The molecule has 0 spiro atoms. The molecule has 1 aromatic carbocycles. The van der Waals surface area contributed by atoms with Crippen molar-refractivity contribution in [1.29, 1.82) is 0 Å². The van der Waals surface area contributed by atoms with E-state index >= 15 is 0 Å². The van der Waals surface area contributed by atoms with Crippen LogP contribution >= 0.6 is 11.6 Å². The summed E-state index contributed by atoms with van der Waals surface area (Å²) in [7, 11) is 1.31. The Morgan fingerprint density at radius 3 is 2.42 bits per heavy atom. The molecule has 0 radical (unpaired) electrons. The Kier molecular flexibility index (Phi) is 8.49. The van der Waals surface area contributed by atoms with Crippen LogP contribution in [-0.4, -0.2) is 76.9 Å². The summed E-state index contributed by atoms with van der Waals surface area (Å²) in [6.07, 6.45) is 0.848. The quantitative estimate of drug-likeness (QED) is 0.581. The highest BCUT2D eigenvalue weighted by Crippen LogP contribution is 2.29. The van der Waals surface area contributed by atoms with Gasteiger partial charge in [0, 0.05) is 32.1 Å². The Hall–Kier alpha value is -1.68. The maximum atomic E-state index is 13.1. The molecule has 1 fully saturated rings. The van der Waals surface area contributed by atoms with Crippen LogP contribution in [0.2, 0.25) is 5.02 Å². The fourth-order valence-electron chi connectivity index (χ4n) is 3.83. The number of esters is 1. The van der Waals surface area contributed by atoms with Crippen molar-refractivity contribution in [3.8, 4) is 0 Å². The number of amides is 1. The molecule has 10 heteroatoms. The van der Waals surface area contributed by atoms with Gasteiger partial charge in [-0.3, -0.25) is 4.79 Å². The molecule has 0 bridgehead atoms. The Morgan fingerprint density at radius 2 is 1.87 bits per heavy atom. The lowest BCUT2D eigenvalue weighted by Crippen LogP contribution is -2.46. The summed E-state index contributed by atoms with van der Waals surface area (Å²) in [5.74, 6) is -0.922. The molecule has 1 aliphatic rings. The van der Waals surface area contributed by atoms with E-state index in [9.17, 15) is 18.0 Å². The van der Waals surface area contributed by atoms with Gasteiger partial charge in [0.05, 0.1) is 17.7 Å². The molecule has 31 heavy (non-hydrogen) atoms. The molecule has 0 aliphatic carbocycles. The number of carbonyl (C=O) groups excluding carboxylic acids is 2. The van der Waals surface area contributed by atoms with Gasteiger partial charge in [0.2, 0.25) is 15.9 Å². The second-order valence-corrected chi connectivity index (χ2v) is 11.2. The van der Waals surface area contributed by atoms with Gasteiger partial charge in [-0.05, 0) is 50.6 Å². The number of benzene rings is 1. The molecular formula is C21H32ClN3O5S. The van der Waals surface area contributed by atoms with E-state index in [1.165, 1.54) is 29.6 Å². The minimum atomic E-state index is -3.90. The monoisotopic (exact) mass is 473 g/mol. The van der Waals surface area contributed by atoms with E-state index in [0.29, 0.717) is 19.4 Å². The van der Waals surface area contributed by atoms with Crippen molar-refractivity contribution in [2.75, 3.05) is 47.4 Å². The smallest absolute Gasteiger partial charge is 0.337 e. The summed E-state index contributed by atoms with van der Waals surface area (Å²) in [6, 6.07) is 4.02. The number of carbonyl (C=O) groups is 2. The normalized spacial score (nSPS) is 16.4. The summed E-state index contributed by atoms with van der Waals surface area (Å²) in [4.78, 5) is 26.3. The zero-order chi connectivity index (χ0) is 23.4. The molecule has 0 saturated carbocycles. The Labute approximate surface area is 189 Å². The molecule has 1 amide bonds.